The smallest absolute Gasteiger partial charge is 0.433 e. The summed E-state index contributed by atoms with van der Waals surface area (Å²) in [4.78, 5) is 24.5. The number of hydrogen-bond donors (Lipinski definition) is 1. The van der Waals surface area contributed by atoms with E-state index >= 15 is 0 Å². The van der Waals surface area contributed by atoms with Gasteiger partial charge in [0.25, 0.3) is 0 Å². The number of rotatable bonds is 5. The summed E-state index contributed by atoms with van der Waals surface area (Å²) in [6.45, 7) is 2.00. The number of alkyl halides is 3. The molecule has 0 atom stereocenters. The molecule has 0 saturated carbocycles. The van der Waals surface area contributed by atoms with Gasteiger partial charge in [0, 0.05) is 50.0 Å². The average Bonchev–Trinajstić information content (AvgIpc) is 2.83. The van der Waals surface area contributed by atoms with E-state index in [9.17, 15) is 18.0 Å². The van der Waals surface area contributed by atoms with E-state index < -0.39 is 11.9 Å². The lowest BCUT2D eigenvalue weighted by Gasteiger charge is -2.35. The molecule has 1 aliphatic rings. The number of piperidine rings is 1. The molecule has 0 unspecified atom stereocenters. The molecule has 10 heteroatoms. The van der Waals surface area contributed by atoms with Crippen molar-refractivity contribution in [2.45, 2.75) is 19.0 Å². The molecule has 34 heavy (non-hydrogen) atoms. The Labute approximate surface area is 195 Å². The van der Waals surface area contributed by atoms with Crippen LogP contribution in [0.4, 0.5) is 29.5 Å². The quantitative estimate of drug-likeness (QED) is 0.562. The van der Waals surface area contributed by atoms with E-state index in [0.29, 0.717) is 48.2 Å². The maximum absolute atomic E-state index is 13.0. The van der Waals surface area contributed by atoms with Crippen LogP contribution in [0.3, 0.4) is 0 Å². The van der Waals surface area contributed by atoms with Gasteiger partial charge >= 0.3 is 12.2 Å². The lowest BCUT2D eigenvalue weighted by molar-refractivity contribution is -0.140. The number of nitrogens with one attached hydrogen (secondary N) is 1. The number of urea groups is 1. The van der Waals surface area contributed by atoms with Gasteiger partial charge in [0.05, 0.1) is 12.6 Å². The van der Waals surface area contributed by atoms with E-state index in [4.69, 9.17) is 4.74 Å². The Bertz CT molecular complexity index is 1160. The fourth-order valence-electron chi connectivity index (χ4n) is 4.17. The second-order valence-corrected chi connectivity index (χ2v) is 8.37. The van der Waals surface area contributed by atoms with Crippen molar-refractivity contribution in [2.24, 2.45) is 5.92 Å². The summed E-state index contributed by atoms with van der Waals surface area (Å²) in [5.74, 6) is 1.61. The molecule has 0 aliphatic carbocycles. The van der Waals surface area contributed by atoms with Crippen LogP contribution in [-0.4, -0.2) is 54.7 Å². The van der Waals surface area contributed by atoms with E-state index in [1.807, 2.05) is 12.1 Å². The summed E-state index contributed by atoms with van der Waals surface area (Å²) in [6, 6.07) is 10.9. The van der Waals surface area contributed by atoms with E-state index in [2.05, 4.69) is 20.2 Å². The minimum absolute atomic E-state index is 0.196. The van der Waals surface area contributed by atoms with Crippen LogP contribution in [0.2, 0.25) is 0 Å². The average molecular weight is 473 g/mol. The normalized spacial score (nSPS) is 14.8. The number of carbonyl (C=O) groups excluding carboxylic acids is 1. The highest BCUT2D eigenvalue weighted by Crippen LogP contribution is 2.32. The molecule has 180 valence electrons. The Morgan fingerprint density at radius 2 is 1.97 bits per heavy atom. The molecule has 3 heterocycles. The topological polar surface area (TPSA) is 70.6 Å². The number of benzene rings is 1. The zero-order valence-corrected chi connectivity index (χ0v) is 19.0. The molecular weight excluding hydrogens is 447 g/mol. The molecule has 1 saturated heterocycles. The van der Waals surface area contributed by atoms with Crippen molar-refractivity contribution in [2.75, 3.05) is 44.0 Å². The van der Waals surface area contributed by atoms with Gasteiger partial charge in [-0.25, -0.2) is 14.8 Å². The van der Waals surface area contributed by atoms with Crippen molar-refractivity contribution in [3.63, 3.8) is 0 Å². The number of fused-ring (bicyclic) bond motifs is 1. The molecular formula is C24H26F3N5O2. The highest BCUT2D eigenvalue weighted by Gasteiger charge is 2.33. The fraction of sp³-hybridized carbons (Fsp3) is 0.375. The molecule has 1 aliphatic heterocycles. The van der Waals surface area contributed by atoms with E-state index in [-0.39, 0.29) is 11.5 Å². The molecule has 0 bridgehead atoms. The largest absolute Gasteiger partial charge is 0.497 e. The standard InChI is InChI=1S/C24H26F3N5O2/c1-31(23(33)29-17-4-3-5-18(14-17)34-2)15-16-9-12-32(13-10-16)22-19-6-7-21(24(25,26)27)30-20(19)8-11-28-22/h3-8,11,14,16H,9-10,12-13,15H2,1-2H3,(H,29,33). The molecule has 2 amide bonds. The molecule has 1 fully saturated rings. The minimum atomic E-state index is -4.49. The summed E-state index contributed by atoms with van der Waals surface area (Å²) in [7, 11) is 3.33. The first-order chi connectivity index (χ1) is 16.2. The lowest BCUT2D eigenvalue weighted by Crippen LogP contribution is -2.41. The first-order valence-electron chi connectivity index (χ1n) is 11.0. The van der Waals surface area contributed by atoms with Gasteiger partial charge in [-0.15, -0.1) is 0 Å². The second kappa shape index (κ2) is 9.74. The van der Waals surface area contributed by atoms with Gasteiger partial charge in [0.1, 0.15) is 17.3 Å². The number of anilines is 2. The predicted octanol–water partition coefficient (Wildman–Crippen LogP) is 5.04. The van der Waals surface area contributed by atoms with Gasteiger partial charge in [-0.05, 0) is 49.1 Å². The summed E-state index contributed by atoms with van der Waals surface area (Å²) < 4.78 is 44.2. The molecule has 4 rings (SSSR count). The van der Waals surface area contributed by atoms with Gasteiger partial charge in [-0.1, -0.05) is 6.07 Å². The molecule has 0 radical (unpaired) electrons. The number of halogens is 3. The zero-order chi connectivity index (χ0) is 24.3. The fourth-order valence-corrected chi connectivity index (χ4v) is 4.17. The van der Waals surface area contributed by atoms with Gasteiger partial charge < -0.3 is 19.9 Å². The molecule has 7 nitrogen and oxygen atoms in total. The van der Waals surface area contributed by atoms with Crippen molar-refractivity contribution in [3.05, 3.63) is 54.4 Å². The van der Waals surface area contributed by atoms with Crippen molar-refractivity contribution in [1.82, 2.24) is 14.9 Å². The molecule has 1 N–H and O–H groups in total. The number of nitrogens with zero attached hydrogens (tertiary/aromatic N) is 4. The van der Waals surface area contributed by atoms with Crippen molar-refractivity contribution < 1.29 is 22.7 Å². The van der Waals surface area contributed by atoms with Crippen LogP contribution in [0.1, 0.15) is 18.5 Å². The molecule has 3 aromatic rings. The Morgan fingerprint density at radius 1 is 1.21 bits per heavy atom. The maximum atomic E-state index is 13.0. The van der Waals surface area contributed by atoms with Crippen LogP contribution in [-0.2, 0) is 6.18 Å². The second-order valence-electron chi connectivity index (χ2n) is 8.37. The summed E-state index contributed by atoms with van der Waals surface area (Å²) in [5, 5.41) is 3.48. The van der Waals surface area contributed by atoms with Crippen LogP contribution in [0.15, 0.2) is 48.7 Å². The first-order valence-corrected chi connectivity index (χ1v) is 11.0. The number of amides is 2. The Kier molecular flexibility index (Phi) is 6.76. The van der Waals surface area contributed by atoms with Crippen LogP contribution in [0.25, 0.3) is 10.9 Å². The predicted molar refractivity (Wildman–Crippen MR) is 124 cm³/mol. The number of carbonyl (C=O) groups is 1. The Morgan fingerprint density at radius 3 is 2.68 bits per heavy atom. The van der Waals surface area contributed by atoms with Crippen LogP contribution in [0, 0.1) is 5.92 Å². The number of aromatic nitrogens is 2. The van der Waals surface area contributed by atoms with Gasteiger partial charge in [-0.2, -0.15) is 13.2 Å². The van der Waals surface area contributed by atoms with Crippen LogP contribution < -0.4 is 15.0 Å². The van der Waals surface area contributed by atoms with Crippen molar-refractivity contribution in [3.8, 4) is 5.75 Å². The van der Waals surface area contributed by atoms with Crippen molar-refractivity contribution >= 4 is 28.4 Å². The Hall–Kier alpha value is -3.56. The van der Waals surface area contributed by atoms with Crippen LogP contribution >= 0.6 is 0 Å². The third-order valence-corrected chi connectivity index (χ3v) is 6.00. The van der Waals surface area contributed by atoms with E-state index in [0.717, 1.165) is 18.9 Å². The van der Waals surface area contributed by atoms with Crippen LogP contribution in [0.5, 0.6) is 5.75 Å². The molecule has 1 aromatic carbocycles. The number of methoxy groups -OCH3 is 1. The zero-order valence-electron chi connectivity index (χ0n) is 19.0. The Balaban J connectivity index is 1.36. The number of hydrogen-bond acceptors (Lipinski definition) is 5. The highest BCUT2D eigenvalue weighted by molar-refractivity contribution is 5.90. The molecule has 0 spiro atoms. The lowest BCUT2D eigenvalue weighted by atomic mass is 9.96. The van der Waals surface area contributed by atoms with Gasteiger partial charge in [0.15, 0.2) is 0 Å². The van der Waals surface area contributed by atoms with E-state index in [1.54, 1.807) is 31.2 Å². The maximum Gasteiger partial charge on any atom is 0.433 e. The third kappa shape index (κ3) is 5.32. The monoisotopic (exact) mass is 473 g/mol. The SMILES string of the molecule is COc1cccc(NC(=O)N(C)CC2CCN(c3nccc4nc(C(F)(F)F)ccc34)CC2)c1. The number of ether oxygens (including phenoxy) is 1. The van der Waals surface area contributed by atoms with Gasteiger partial charge in [0.2, 0.25) is 0 Å². The first kappa shape index (κ1) is 23.6. The summed E-state index contributed by atoms with van der Waals surface area (Å²) in [6.07, 6.45) is -1.32. The van der Waals surface area contributed by atoms with Crippen molar-refractivity contribution in [1.29, 1.82) is 0 Å². The molecule has 2 aromatic heterocycles. The third-order valence-electron chi connectivity index (χ3n) is 6.00. The van der Waals surface area contributed by atoms with E-state index in [1.165, 1.54) is 18.3 Å². The van der Waals surface area contributed by atoms with Gasteiger partial charge in [-0.3, -0.25) is 0 Å². The summed E-state index contributed by atoms with van der Waals surface area (Å²) in [5.41, 5.74) is 0.0253. The summed E-state index contributed by atoms with van der Waals surface area (Å²) >= 11 is 0. The minimum Gasteiger partial charge on any atom is -0.497 e. The highest BCUT2D eigenvalue weighted by atomic mass is 19.4. The number of pyridine rings is 2.